The molecule has 0 aromatic heterocycles. The molecule has 0 aliphatic carbocycles. The minimum Gasteiger partial charge on any atom is -0.298 e. The van der Waals surface area contributed by atoms with Crippen LogP contribution in [0.15, 0.2) is 51.8 Å². The highest BCUT2D eigenvalue weighted by molar-refractivity contribution is 9.10. The standard InChI is InChI=1S/C14H11BrOS/c1-17-14-8-12(6-7-13(14)15)11-4-2-10(9-16)3-5-11/h2-9H,1H3. The van der Waals surface area contributed by atoms with E-state index < -0.39 is 0 Å². The Morgan fingerprint density at radius 1 is 1.06 bits per heavy atom. The third-order valence-electron chi connectivity index (χ3n) is 2.53. The highest BCUT2D eigenvalue weighted by atomic mass is 79.9. The molecule has 1 nitrogen and oxygen atoms in total. The topological polar surface area (TPSA) is 17.1 Å². The normalized spacial score (nSPS) is 10.2. The largest absolute Gasteiger partial charge is 0.298 e. The zero-order chi connectivity index (χ0) is 12.3. The van der Waals surface area contributed by atoms with Crippen LogP contribution in [0.4, 0.5) is 0 Å². The molecule has 0 heterocycles. The summed E-state index contributed by atoms with van der Waals surface area (Å²) in [5.41, 5.74) is 2.99. The van der Waals surface area contributed by atoms with Gasteiger partial charge >= 0.3 is 0 Å². The molecule has 0 radical (unpaired) electrons. The van der Waals surface area contributed by atoms with Gasteiger partial charge in [0.25, 0.3) is 0 Å². The van der Waals surface area contributed by atoms with Crippen molar-refractivity contribution in [2.75, 3.05) is 6.26 Å². The molecule has 86 valence electrons. The summed E-state index contributed by atoms with van der Waals surface area (Å²) < 4.78 is 1.11. The van der Waals surface area contributed by atoms with Crippen LogP contribution in [0.1, 0.15) is 10.4 Å². The lowest BCUT2D eigenvalue weighted by Crippen LogP contribution is -1.82. The molecule has 17 heavy (non-hydrogen) atoms. The number of benzene rings is 2. The third kappa shape index (κ3) is 2.79. The fourth-order valence-corrected chi connectivity index (χ4v) is 2.83. The first-order valence-electron chi connectivity index (χ1n) is 5.14. The number of halogens is 1. The minimum atomic E-state index is 0.705. The highest BCUT2D eigenvalue weighted by Crippen LogP contribution is 2.30. The lowest BCUT2D eigenvalue weighted by molar-refractivity contribution is 0.112. The van der Waals surface area contributed by atoms with E-state index in [2.05, 4.69) is 40.4 Å². The summed E-state index contributed by atoms with van der Waals surface area (Å²) in [7, 11) is 0. The zero-order valence-electron chi connectivity index (χ0n) is 9.31. The molecule has 0 aliphatic rings. The van der Waals surface area contributed by atoms with E-state index in [1.54, 1.807) is 11.8 Å². The second kappa shape index (κ2) is 5.52. The Bertz CT molecular complexity index is 534. The molecule has 2 aromatic rings. The van der Waals surface area contributed by atoms with Crippen LogP contribution in [0.2, 0.25) is 0 Å². The van der Waals surface area contributed by atoms with Gasteiger partial charge in [-0.2, -0.15) is 0 Å². The number of aldehydes is 1. The second-order valence-corrected chi connectivity index (χ2v) is 5.29. The quantitative estimate of drug-likeness (QED) is 0.606. The smallest absolute Gasteiger partial charge is 0.150 e. The molecule has 0 N–H and O–H groups in total. The first kappa shape index (κ1) is 12.4. The van der Waals surface area contributed by atoms with Gasteiger partial charge in [0.1, 0.15) is 6.29 Å². The van der Waals surface area contributed by atoms with Crippen LogP contribution < -0.4 is 0 Å². The second-order valence-electron chi connectivity index (χ2n) is 3.59. The average molecular weight is 307 g/mol. The monoisotopic (exact) mass is 306 g/mol. The first-order valence-corrected chi connectivity index (χ1v) is 7.15. The maximum atomic E-state index is 10.6. The highest BCUT2D eigenvalue weighted by Gasteiger charge is 2.02. The average Bonchev–Trinajstić information content (AvgIpc) is 2.39. The van der Waals surface area contributed by atoms with Gasteiger partial charge in [-0.05, 0) is 45.4 Å². The summed E-state index contributed by atoms with van der Waals surface area (Å²) in [5, 5.41) is 0. The van der Waals surface area contributed by atoms with Gasteiger partial charge in [-0.1, -0.05) is 30.3 Å². The molecule has 0 fully saturated rings. The molecule has 0 atom stereocenters. The van der Waals surface area contributed by atoms with E-state index in [4.69, 9.17) is 0 Å². The van der Waals surface area contributed by atoms with Crippen molar-refractivity contribution in [1.82, 2.24) is 0 Å². The Kier molecular flexibility index (Phi) is 4.02. The number of hydrogen-bond acceptors (Lipinski definition) is 2. The molecule has 2 rings (SSSR count). The Morgan fingerprint density at radius 3 is 2.29 bits per heavy atom. The molecule has 2 aromatic carbocycles. The minimum absolute atomic E-state index is 0.705. The summed E-state index contributed by atoms with van der Waals surface area (Å²) in [6.45, 7) is 0. The van der Waals surface area contributed by atoms with Crippen molar-refractivity contribution in [3.63, 3.8) is 0 Å². The van der Waals surface area contributed by atoms with E-state index in [-0.39, 0.29) is 0 Å². The fraction of sp³-hybridized carbons (Fsp3) is 0.0714. The van der Waals surface area contributed by atoms with E-state index in [9.17, 15) is 4.79 Å². The molecule has 0 spiro atoms. The van der Waals surface area contributed by atoms with E-state index >= 15 is 0 Å². The Morgan fingerprint density at radius 2 is 1.71 bits per heavy atom. The lowest BCUT2D eigenvalue weighted by Gasteiger charge is -2.06. The molecule has 0 saturated carbocycles. The Labute approximate surface area is 113 Å². The van der Waals surface area contributed by atoms with Crippen LogP contribution in [-0.2, 0) is 0 Å². The van der Waals surface area contributed by atoms with Crippen molar-refractivity contribution in [2.24, 2.45) is 0 Å². The first-order chi connectivity index (χ1) is 8.24. The maximum Gasteiger partial charge on any atom is 0.150 e. The van der Waals surface area contributed by atoms with Gasteiger partial charge in [-0.25, -0.2) is 0 Å². The van der Waals surface area contributed by atoms with Crippen LogP contribution >= 0.6 is 27.7 Å². The van der Waals surface area contributed by atoms with Crippen LogP contribution in [0, 0.1) is 0 Å². The summed E-state index contributed by atoms with van der Waals surface area (Å²) in [6, 6.07) is 13.9. The fourth-order valence-electron chi connectivity index (χ4n) is 1.59. The van der Waals surface area contributed by atoms with E-state index in [1.165, 1.54) is 4.90 Å². The van der Waals surface area contributed by atoms with E-state index in [0.717, 1.165) is 21.9 Å². The predicted molar refractivity (Wildman–Crippen MR) is 76.7 cm³/mol. The summed E-state index contributed by atoms with van der Waals surface area (Å²) in [5.74, 6) is 0. The molecular formula is C14H11BrOS. The number of rotatable bonds is 3. The summed E-state index contributed by atoms with van der Waals surface area (Å²) >= 11 is 5.23. The van der Waals surface area contributed by atoms with Crippen LogP contribution in [0.3, 0.4) is 0 Å². The van der Waals surface area contributed by atoms with Gasteiger partial charge in [-0.3, -0.25) is 4.79 Å². The maximum absolute atomic E-state index is 10.6. The van der Waals surface area contributed by atoms with Crippen molar-refractivity contribution in [3.8, 4) is 11.1 Å². The van der Waals surface area contributed by atoms with Crippen molar-refractivity contribution >= 4 is 34.0 Å². The zero-order valence-corrected chi connectivity index (χ0v) is 11.7. The molecule has 0 amide bonds. The van der Waals surface area contributed by atoms with Crippen molar-refractivity contribution in [1.29, 1.82) is 0 Å². The summed E-state index contributed by atoms with van der Waals surface area (Å²) in [4.78, 5) is 11.8. The Balaban J connectivity index is 2.41. The van der Waals surface area contributed by atoms with Gasteiger partial charge in [0.2, 0.25) is 0 Å². The van der Waals surface area contributed by atoms with Crippen molar-refractivity contribution in [3.05, 3.63) is 52.5 Å². The lowest BCUT2D eigenvalue weighted by atomic mass is 10.0. The molecule has 0 aliphatic heterocycles. The Hall–Kier alpha value is -1.06. The molecule has 0 unspecified atom stereocenters. The molecule has 3 heteroatoms. The van der Waals surface area contributed by atoms with Gasteiger partial charge in [0.15, 0.2) is 0 Å². The van der Waals surface area contributed by atoms with Gasteiger partial charge in [-0.15, -0.1) is 11.8 Å². The molecule has 0 saturated heterocycles. The van der Waals surface area contributed by atoms with Crippen molar-refractivity contribution in [2.45, 2.75) is 4.90 Å². The third-order valence-corrected chi connectivity index (χ3v) is 4.26. The predicted octanol–water partition coefficient (Wildman–Crippen LogP) is 4.65. The number of carbonyl (C=O) groups is 1. The summed E-state index contributed by atoms with van der Waals surface area (Å²) in [6.07, 6.45) is 2.91. The van der Waals surface area contributed by atoms with E-state index in [1.807, 2.05) is 24.3 Å². The van der Waals surface area contributed by atoms with Crippen LogP contribution in [-0.4, -0.2) is 12.5 Å². The molecule has 0 bridgehead atoms. The van der Waals surface area contributed by atoms with Gasteiger partial charge in [0.05, 0.1) is 0 Å². The van der Waals surface area contributed by atoms with E-state index in [0.29, 0.717) is 5.56 Å². The molecular weight excluding hydrogens is 296 g/mol. The SMILES string of the molecule is CSc1cc(-c2ccc(C=O)cc2)ccc1Br. The van der Waals surface area contributed by atoms with Crippen LogP contribution in [0.5, 0.6) is 0 Å². The van der Waals surface area contributed by atoms with Gasteiger partial charge < -0.3 is 0 Å². The number of thioether (sulfide) groups is 1. The number of hydrogen-bond donors (Lipinski definition) is 0. The van der Waals surface area contributed by atoms with Crippen LogP contribution in [0.25, 0.3) is 11.1 Å². The van der Waals surface area contributed by atoms with Crippen molar-refractivity contribution < 1.29 is 4.79 Å². The number of carbonyl (C=O) groups excluding carboxylic acids is 1. The van der Waals surface area contributed by atoms with Gasteiger partial charge in [0, 0.05) is 14.9 Å².